The van der Waals surface area contributed by atoms with E-state index < -0.39 is 17.7 Å². The maximum atomic E-state index is 11.9. The second-order valence-corrected chi connectivity index (χ2v) is 5.04. The first-order chi connectivity index (χ1) is 8.35. The number of carbonyl (C=O) groups is 1. The molecule has 1 atom stereocenters. The molecule has 0 amide bonds. The van der Waals surface area contributed by atoms with Crippen LogP contribution in [0.15, 0.2) is 24.3 Å². The fraction of sp³-hybridized carbons (Fsp3) is 0.385. The Morgan fingerprint density at radius 3 is 2.44 bits per heavy atom. The van der Waals surface area contributed by atoms with Gasteiger partial charge >= 0.3 is 12.4 Å². The van der Waals surface area contributed by atoms with Crippen molar-refractivity contribution in [3.8, 4) is 0 Å². The van der Waals surface area contributed by atoms with Crippen LogP contribution in [-0.2, 0) is 19.1 Å². The van der Waals surface area contributed by atoms with Gasteiger partial charge in [0.15, 0.2) is 0 Å². The normalized spacial score (nSPS) is 12.7. The third-order valence-corrected chi connectivity index (χ3v) is 2.32. The van der Waals surface area contributed by atoms with Crippen molar-refractivity contribution in [3.05, 3.63) is 34.9 Å². The van der Waals surface area contributed by atoms with Gasteiger partial charge in [-0.05, 0) is 26.8 Å². The Balaban J connectivity index is 3.00. The second kappa shape index (κ2) is 5.87. The molecule has 0 heterocycles. The lowest BCUT2D eigenvalue weighted by Gasteiger charge is -2.23. The third kappa shape index (κ3) is 4.04. The number of carbonyl (C=O) groups excluding carboxylic acids is 2. The molecule has 1 aromatic carbocycles. The molecule has 0 saturated heterocycles. The Labute approximate surface area is 111 Å². The van der Waals surface area contributed by atoms with Crippen molar-refractivity contribution in [2.75, 3.05) is 0 Å². The van der Waals surface area contributed by atoms with Gasteiger partial charge in [-0.3, -0.25) is 0 Å². The third-order valence-electron chi connectivity index (χ3n) is 1.97. The Bertz CT molecular complexity index is 437. The molecule has 18 heavy (non-hydrogen) atoms. The number of halogens is 1. The summed E-state index contributed by atoms with van der Waals surface area (Å²) in [5.74, 6) is -0.682. The van der Waals surface area contributed by atoms with Crippen LogP contribution in [0.2, 0.25) is 5.02 Å². The Morgan fingerprint density at radius 1 is 1.33 bits per heavy atom. The average molecular weight is 270 g/mol. The number of hydrogen-bond donors (Lipinski definition) is 0. The summed E-state index contributed by atoms with van der Waals surface area (Å²) in [6.07, 6.45) is -1.20. The number of rotatable bonds is 4. The zero-order valence-electron chi connectivity index (χ0n) is 10.4. The van der Waals surface area contributed by atoms with Crippen LogP contribution in [0.3, 0.4) is 0 Å². The van der Waals surface area contributed by atoms with Crippen molar-refractivity contribution in [3.63, 3.8) is 0 Å². The van der Waals surface area contributed by atoms with E-state index in [1.54, 1.807) is 45.0 Å². The largest absolute Gasteiger partial charge is 0.457 e. The van der Waals surface area contributed by atoms with Gasteiger partial charge in [0.1, 0.15) is 5.60 Å². The molecule has 1 rings (SSSR count). The molecule has 0 aliphatic rings. The topological polar surface area (TPSA) is 52.6 Å². The van der Waals surface area contributed by atoms with Crippen molar-refractivity contribution in [1.29, 1.82) is 0 Å². The van der Waals surface area contributed by atoms with Crippen LogP contribution < -0.4 is 0 Å². The fourth-order valence-corrected chi connectivity index (χ4v) is 1.56. The highest BCUT2D eigenvalue weighted by Crippen LogP contribution is 2.27. The lowest BCUT2D eigenvalue weighted by molar-refractivity contribution is -0.164. The summed E-state index contributed by atoms with van der Waals surface area (Å²) >= 11 is 5.95. The second-order valence-electron chi connectivity index (χ2n) is 4.64. The van der Waals surface area contributed by atoms with Gasteiger partial charge in [0.2, 0.25) is 6.10 Å². The first-order valence-corrected chi connectivity index (χ1v) is 5.73. The summed E-state index contributed by atoms with van der Waals surface area (Å²) in [5.41, 5.74) is -0.306. The van der Waals surface area contributed by atoms with Gasteiger partial charge in [0, 0.05) is 10.6 Å². The predicted octanol–water partition coefficient (Wildman–Crippen LogP) is 2.81. The first kappa shape index (κ1) is 14.5. The number of hydrogen-bond acceptors (Lipinski definition) is 4. The van der Waals surface area contributed by atoms with E-state index in [0.29, 0.717) is 10.6 Å². The summed E-state index contributed by atoms with van der Waals surface area (Å²) in [4.78, 5) is 22.3. The predicted molar refractivity (Wildman–Crippen MR) is 66.8 cm³/mol. The van der Waals surface area contributed by atoms with Crippen LogP contribution >= 0.6 is 11.6 Å². The maximum Gasteiger partial charge on any atom is 0.418 e. The van der Waals surface area contributed by atoms with Crippen molar-refractivity contribution in [1.82, 2.24) is 0 Å². The van der Waals surface area contributed by atoms with Crippen molar-refractivity contribution in [2.24, 2.45) is 0 Å². The fourth-order valence-electron chi connectivity index (χ4n) is 1.33. The number of esters is 1. The van der Waals surface area contributed by atoms with Crippen LogP contribution in [0.25, 0.3) is 0 Å². The molecule has 1 unspecified atom stereocenters. The van der Waals surface area contributed by atoms with Gasteiger partial charge in [-0.2, -0.15) is 0 Å². The van der Waals surface area contributed by atoms with E-state index in [1.165, 1.54) is 6.47 Å². The van der Waals surface area contributed by atoms with Crippen LogP contribution in [0.1, 0.15) is 32.4 Å². The molecule has 5 heteroatoms. The highest BCUT2D eigenvalue weighted by atomic mass is 35.5. The van der Waals surface area contributed by atoms with Gasteiger partial charge in [0.05, 0.1) is 0 Å². The smallest absolute Gasteiger partial charge is 0.418 e. The monoisotopic (exact) mass is 269 g/mol. The minimum atomic E-state index is -1.20. The summed E-state index contributed by atoms with van der Waals surface area (Å²) in [6.45, 7) is 6.41. The summed E-state index contributed by atoms with van der Waals surface area (Å²) in [7, 11) is 0. The molecule has 0 N–H and O–H groups in total. The van der Waals surface area contributed by atoms with Crippen LogP contribution in [0.5, 0.6) is 0 Å². The molecule has 1 aromatic rings. The summed E-state index contributed by atoms with van der Waals surface area (Å²) in [6, 6.07) is 6.59. The number of ether oxygens (including phenoxy) is 2. The van der Waals surface area contributed by atoms with Gasteiger partial charge in [-0.1, -0.05) is 29.8 Å². The van der Waals surface area contributed by atoms with Crippen molar-refractivity contribution in [2.45, 2.75) is 32.5 Å². The van der Waals surface area contributed by atoms with E-state index in [9.17, 15) is 9.59 Å². The van der Waals surface area contributed by atoms with E-state index in [2.05, 4.69) is 4.74 Å². The van der Waals surface area contributed by atoms with Gasteiger partial charge in [0.25, 0.3) is 0 Å². The van der Waals surface area contributed by atoms with Gasteiger partial charge < -0.3 is 9.47 Å². The molecular weight excluding hydrogens is 256 g/mol. The molecule has 0 aliphatic carbocycles. The van der Waals surface area contributed by atoms with Crippen molar-refractivity contribution < 1.29 is 19.1 Å². The average Bonchev–Trinajstić information content (AvgIpc) is 2.24. The maximum absolute atomic E-state index is 11.9. The molecule has 0 spiro atoms. The lowest BCUT2D eigenvalue weighted by atomic mass is 10.1. The van der Waals surface area contributed by atoms with E-state index in [4.69, 9.17) is 16.3 Å². The summed E-state index contributed by atoms with van der Waals surface area (Å²) < 4.78 is 9.81. The Morgan fingerprint density at radius 2 is 1.94 bits per heavy atom. The zero-order valence-corrected chi connectivity index (χ0v) is 11.2. The highest BCUT2D eigenvalue weighted by Gasteiger charge is 2.29. The number of benzene rings is 1. The van der Waals surface area contributed by atoms with E-state index >= 15 is 0 Å². The van der Waals surface area contributed by atoms with E-state index in [1.807, 2.05) is 0 Å². The Hall–Kier alpha value is -1.55. The molecule has 0 aromatic heterocycles. The lowest BCUT2D eigenvalue weighted by Crippen LogP contribution is -2.29. The summed E-state index contributed by atoms with van der Waals surface area (Å²) in [5, 5.41) is 0.323. The molecule has 0 bridgehead atoms. The van der Waals surface area contributed by atoms with Crippen LogP contribution in [-0.4, -0.2) is 18.0 Å². The highest BCUT2D eigenvalue weighted by molar-refractivity contribution is 6.31. The van der Waals surface area contributed by atoms with Gasteiger partial charge in [-0.25, -0.2) is 9.59 Å². The molecule has 1 radical (unpaired) electrons. The molecule has 4 nitrogen and oxygen atoms in total. The van der Waals surface area contributed by atoms with Crippen LogP contribution in [0, 0.1) is 0 Å². The van der Waals surface area contributed by atoms with Crippen LogP contribution in [0.4, 0.5) is 0 Å². The standard InChI is InChI=1S/C13H14ClO4/c1-13(2,3)18-12(16)11(17-8-15)9-6-4-5-7-10(9)14/h4-7,11H,1-3H3. The molecule has 0 saturated carbocycles. The SMILES string of the molecule is CC(C)(C)OC(=O)C(O[C]=O)c1ccccc1Cl. The molecule has 97 valence electrons. The minimum absolute atomic E-state index is 0.323. The van der Waals surface area contributed by atoms with E-state index in [0.717, 1.165) is 0 Å². The zero-order chi connectivity index (χ0) is 13.8. The van der Waals surface area contributed by atoms with E-state index in [-0.39, 0.29) is 0 Å². The molecular formula is C13H14ClO4. The quantitative estimate of drug-likeness (QED) is 0.789. The van der Waals surface area contributed by atoms with Gasteiger partial charge in [-0.15, -0.1) is 0 Å². The Kier molecular flexibility index (Phi) is 4.73. The minimum Gasteiger partial charge on any atom is -0.457 e. The molecule has 0 fully saturated rings. The first-order valence-electron chi connectivity index (χ1n) is 5.35. The molecule has 0 aliphatic heterocycles. The van der Waals surface area contributed by atoms with Crippen molar-refractivity contribution >= 4 is 24.0 Å².